The number of ether oxygens (including phenoxy) is 1. The largest absolute Gasteiger partial charge is 0.469 e. The van der Waals surface area contributed by atoms with Gasteiger partial charge in [-0.05, 0) is 12.1 Å². The van der Waals surface area contributed by atoms with Crippen LogP contribution in [0.4, 0.5) is 5.69 Å². The summed E-state index contributed by atoms with van der Waals surface area (Å²) in [5, 5.41) is 3.59. The molecule has 7 heteroatoms. The van der Waals surface area contributed by atoms with E-state index in [2.05, 4.69) is 5.32 Å². The van der Waals surface area contributed by atoms with E-state index in [1.54, 1.807) is 18.2 Å². The Hall–Kier alpha value is -1.30. The van der Waals surface area contributed by atoms with Crippen LogP contribution >= 0.6 is 23.2 Å². The Morgan fingerprint density at radius 2 is 1.86 bits per heavy atom. The molecule has 1 aliphatic heterocycles. The third kappa shape index (κ3) is 4.35. The smallest absolute Gasteiger partial charge is 0.309 e. The molecule has 1 aliphatic rings. The highest BCUT2D eigenvalue weighted by Gasteiger charge is 2.29. The molecule has 1 fully saturated rings. The van der Waals surface area contributed by atoms with Gasteiger partial charge in [-0.3, -0.25) is 9.59 Å². The van der Waals surface area contributed by atoms with E-state index in [0.717, 1.165) is 30.8 Å². The Balaban J connectivity index is 1.85. The Morgan fingerprint density at radius 1 is 1.27 bits per heavy atom. The molecule has 0 aliphatic carbocycles. The summed E-state index contributed by atoms with van der Waals surface area (Å²) in [5.41, 5.74) is 0.444. The van der Waals surface area contributed by atoms with Crippen LogP contribution in [0.3, 0.4) is 0 Å². The lowest BCUT2D eigenvalue weighted by molar-refractivity contribution is -0.897. The average molecular weight is 346 g/mol. The molecule has 1 aromatic carbocycles. The van der Waals surface area contributed by atoms with Crippen molar-refractivity contribution in [1.82, 2.24) is 0 Å². The second-order valence-corrected chi connectivity index (χ2v) is 6.18. The quantitative estimate of drug-likeness (QED) is 0.811. The van der Waals surface area contributed by atoms with Crippen molar-refractivity contribution in [2.24, 2.45) is 5.92 Å². The van der Waals surface area contributed by atoms with Crippen LogP contribution in [0.25, 0.3) is 0 Å². The summed E-state index contributed by atoms with van der Waals surface area (Å²) >= 11 is 12.1. The van der Waals surface area contributed by atoms with Gasteiger partial charge in [0.05, 0.1) is 41.8 Å². The van der Waals surface area contributed by atoms with Crippen LogP contribution in [0, 0.1) is 5.92 Å². The number of carbonyl (C=O) groups is 2. The molecule has 0 radical (unpaired) electrons. The molecule has 0 aromatic heterocycles. The maximum absolute atomic E-state index is 12.1. The van der Waals surface area contributed by atoms with E-state index in [0.29, 0.717) is 22.3 Å². The van der Waals surface area contributed by atoms with Crippen molar-refractivity contribution in [2.75, 3.05) is 32.1 Å². The first kappa shape index (κ1) is 17.1. The topological polar surface area (TPSA) is 59.8 Å². The normalized spacial score (nSPS) is 21.2. The number of amides is 1. The molecular weight excluding hydrogens is 327 g/mol. The molecule has 0 atom stereocenters. The Morgan fingerprint density at radius 3 is 2.41 bits per heavy atom. The van der Waals surface area contributed by atoms with Gasteiger partial charge in [-0.2, -0.15) is 0 Å². The highest BCUT2D eigenvalue weighted by atomic mass is 35.5. The van der Waals surface area contributed by atoms with Crippen LogP contribution in [0.1, 0.15) is 12.8 Å². The summed E-state index contributed by atoms with van der Waals surface area (Å²) in [4.78, 5) is 24.7. The van der Waals surface area contributed by atoms with Gasteiger partial charge in [0.25, 0.3) is 5.91 Å². The molecule has 0 spiro atoms. The first-order chi connectivity index (χ1) is 10.5. The van der Waals surface area contributed by atoms with Crippen molar-refractivity contribution in [1.29, 1.82) is 0 Å². The number of methoxy groups -OCH3 is 1. The number of quaternary nitrogens is 1. The number of anilines is 1. The maximum Gasteiger partial charge on any atom is 0.309 e. The fourth-order valence-corrected chi connectivity index (χ4v) is 3.13. The van der Waals surface area contributed by atoms with E-state index in [-0.39, 0.29) is 17.8 Å². The molecule has 22 heavy (non-hydrogen) atoms. The predicted octanol–water partition coefficient (Wildman–Crippen LogP) is 1.40. The van der Waals surface area contributed by atoms with Gasteiger partial charge in [-0.1, -0.05) is 29.3 Å². The maximum atomic E-state index is 12.1. The number of piperidine rings is 1. The zero-order valence-electron chi connectivity index (χ0n) is 12.3. The second-order valence-electron chi connectivity index (χ2n) is 5.37. The number of rotatable bonds is 4. The van der Waals surface area contributed by atoms with E-state index < -0.39 is 0 Å². The SMILES string of the molecule is COC(=O)C1CC[NH+](CC(=O)Nc2c(Cl)cccc2Cl)CC1. The molecule has 1 aromatic rings. The van der Waals surface area contributed by atoms with Crippen molar-refractivity contribution >= 4 is 40.8 Å². The van der Waals surface area contributed by atoms with Crippen LogP contribution in [0.15, 0.2) is 18.2 Å². The molecule has 0 saturated carbocycles. The molecule has 5 nitrogen and oxygen atoms in total. The van der Waals surface area contributed by atoms with Crippen molar-refractivity contribution in [3.8, 4) is 0 Å². The van der Waals surface area contributed by atoms with Gasteiger partial charge in [0, 0.05) is 12.8 Å². The fraction of sp³-hybridized carbons (Fsp3) is 0.467. The molecule has 0 bridgehead atoms. The lowest BCUT2D eigenvalue weighted by atomic mass is 9.97. The van der Waals surface area contributed by atoms with Crippen LogP contribution in [0.2, 0.25) is 10.0 Å². The molecule has 120 valence electrons. The van der Waals surface area contributed by atoms with E-state index >= 15 is 0 Å². The summed E-state index contributed by atoms with van der Waals surface area (Å²) in [6, 6.07) is 5.08. The minimum Gasteiger partial charge on any atom is -0.469 e. The van der Waals surface area contributed by atoms with Gasteiger partial charge in [0.1, 0.15) is 0 Å². The number of benzene rings is 1. The number of hydrogen-bond acceptors (Lipinski definition) is 3. The summed E-state index contributed by atoms with van der Waals surface area (Å²) < 4.78 is 4.75. The van der Waals surface area contributed by atoms with Gasteiger partial charge < -0.3 is 15.0 Å². The third-order valence-corrected chi connectivity index (χ3v) is 4.49. The summed E-state index contributed by atoms with van der Waals surface area (Å²) in [5.74, 6) is -0.345. The van der Waals surface area contributed by atoms with Crippen molar-refractivity contribution in [3.63, 3.8) is 0 Å². The van der Waals surface area contributed by atoms with E-state index in [4.69, 9.17) is 27.9 Å². The number of hydrogen-bond donors (Lipinski definition) is 2. The lowest BCUT2D eigenvalue weighted by Gasteiger charge is -2.27. The molecule has 2 rings (SSSR count). The number of likely N-dealkylation sites (tertiary alicyclic amines) is 1. The standard InChI is InChI=1S/C15H18Cl2N2O3/c1-22-15(21)10-5-7-19(8-6-10)9-13(20)18-14-11(16)3-2-4-12(14)17/h2-4,10H,5-9H2,1H3,(H,18,20)/p+1. The minimum atomic E-state index is -0.161. The number of esters is 1. The highest BCUT2D eigenvalue weighted by Crippen LogP contribution is 2.29. The molecule has 1 amide bonds. The van der Waals surface area contributed by atoms with E-state index in [9.17, 15) is 9.59 Å². The summed E-state index contributed by atoms with van der Waals surface area (Å²) in [6.45, 7) is 1.86. The Labute approximate surface area is 139 Å². The average Bonchev–Trinajstić information content (AvgIpc) is 2.51. The number of halogens is 2. The fourth-order valence-electron chi connectivity index (χ4n) is 2.63. The summed E-state index contributed by atoms with van der Waals surface area (Å²) in [6.07, 6.45) is 1.48. The van der Waals surface area contributed by atoms with Crippen LogP contribution in [0.5, 0.6) is 0 Å². The minimum absolute atomic E-state index is 0.0465. The number of para-hydroxylation sites is 1. The van der Waals surface area contributed by atoms with Crippen molar-refractivity contribution < 1.29 is 19.2 Å². The Bertz CT molecular complexity index is 537. The van der Waals surface area contributed by atoms with Gasteiger partial charge in [0.2, 0.25) is 0 Å². The van der Waals surface area contributed by atoms with Gasteiger partial charge in [0.15, 0.2) is 6.54 Å². The van der Waals surface area contributed by atoms with Crippen LogP contribution < -0.4 is 10.2 Å². The van der Waals surface area contributed by atoms with E-state index in [1.807, 2.05) is 0 Å². The zero-order chi connectivity index (χ0) is 16.1. The lowest BCUT2D eigenvalue weighted by Crippen LogP contribution is -3.14. The highest BCUT2D eigenvalue weighted by molar-refractivity contribution is 6.39. The molecule has 0 unspecified atom stereocenters. The van der Waals surface area contributed by atoms with Crippen molar-refractivity contribution in [2.45, 2.75) is 12.8 Å². The van der Waals surface area contributed by atoms with Crippen molar-refractivity contribution in [3.05, 3.63) is 28.2 Å². The zero-order valence-corrected chi connectivity index (χ0v) is 13.8. The Kier molecular flexibility index (Phi) is 6.06. The molecule has 1 heterocycles. The number of carbonyl (C=O) groups excluding carboxylic acids is 2. The first-order valence-electron chi connectivity index (χ1n) is 7.16. The van der Waals surface area contributed by atoms with Gasteiger partial charge in [-0.25, -0.2) is 0 Å². The van der Waals surface area contributed by atoms with Gasteiger partial charge in [-0.15, -0.1) is 0 Å². The number of nitrogens with one attached hydrogen (secondary N) is 2. The first-order valence-corrected chi connectivity index (χ1v) is 7.92. The van der Waals surface area contributed by atoms with Gasteiger partial charge >= 0.3 is 5.97 Å². The van der Waals surface area contributed by atoms with E-state index in [1.165, 1.54) is 7.11 Å². The van der Waals surface area contributed by atoms with Crippen LogP contribution in [-0.4, -0.2) is 38.6 Å². The molecule has 2 N–H and O–H groups in total. The molecular formula is C15H19Cl2N2O3+. The monoisotopic (exact) mass is 345 g/mol. The second kappa shape index (κ2) is 7.81. The molecule has 1 saturated heterocycles. The predicted molar refractivity (Wildman–Crippen MR) is 85.4 cm³/mol. The summed E-state index contributed by atoms with van der Waals surface area (Å²) in [7, 11) is 1.41. The van der Waals surface area contributed by atoms with Crippen LogP contribution in [-0.2, 0) is 14.3 Å². The third-order valence-electron chi connectivity index (χ3n) is 3.86.